The highest BCUT2D eigenvalue weighted by Crippen LogP contribution is 2.25. The van der Waals surface area contributed by atoms with Crippen molar-refractivity contribution in [3.05, 3.63) is 11.8 Å². The van der Waals surface area contributed by atoms with Gasteiger partial charge in [-0.3, -0.25) is 4.79 Å². The zero-order chi connectivity index (χ0) is 11.5. The number of nitrogens with zero attached hydrogens (tertiary/aromatic N) is 2. The zero-order valence-corrected chi connectivity index (χ0v) is 10.4. The predicted octanol–water partition coefficient (Wildman–Crippen LogP) is 1.51. The third kappa shape index (κ3) is 2.85. The molecule has 0 atom stereocenters. The summed E-state index contributed by atoms with van der Waals surface area (Å²) < 4.78 is 0. The van der Waals surface area contributed by atoms with Gasteiger partial charge in [0.15, 0.2) is 5.78 Å². The molecule has 2 aliphatic rings. The third-order valence-corrected chi connectivity index (χ3v) is 3.60. The van der Waals surface area contributed by atoms with Gasteiger partial charge in [-0.2, -0.15) is 0 Å². The molecule has 0 saturated carbocycles. The second-order valence-corrected chi connectivity index (χ2v) is 5.29. The molecule has 1 fully saturated rings. The van der Waals surface area contributed by atoms with Gasteiger partial charge in [-0.05, 0) is 39.3 Å². The maximum absolute atomic E-state index is 11.2. The molecule has 0 aromatic rings. The maximum atomic E-state index is 11.2. The maximum Gasteiger partial charge on any atom is 0.157 e. The lowest BCUT2D eigenvalue weighted by Crippen LogP contribution is -2.36. The fourth-order valence-corrected chi connectivity index (χ4v) is 2.75. The van der Waals surface area contributed by atoms with E-state index in [1.165, 1.54) is 25.1 Å². The molecule has 16 heavy (non-hydrogen) atoms. The topological polar surface area (TPSA) is 23.6 Å². The number of rotatable bonds is 3. The molecule has 3 nitrogen and oxygen atoms in total. The van der Waals surface area contributed by atoms with Gasteiger partial charge >= 0.3 is 0 Å². The summed E-state index contributed by atoms with van der Waals surface area (Å²) in [5.74, 6) is 1.15. The van der Waals surface area contributed by atoms with Crippen LogP contribution in [0.3, 0.4) is 0 Å². The summed E-state index contributed by atoms with van der Waals surface area (Å²) >= 11 is 0. The molecule has 0 amide bonds. The van der Waals surface area contributed by atoms with Crippen LogP contribution in [0.2, 0.25) is 0 Å². The second kappa shape index (κ2) is 5.00. The van der Waals surface area contributed by atoms with Crippen LogP contribution >= 0.6 is 0 Å². The monoisotopic (exact) mass is 222 g/mol. The van der Waals surface area contributed by atoms with Crippen molar-refractivity contribution in [1.82, 2.24) is 9.80 Å². The van der Waals surface area contributed by atoms with E-state index in [-0.39, 0.29) is 0 Å². The fraction of sp³-hybridized carbons (Fsp3) is 0.769. The van der Waals surface area contributed by atoms with E-state index in [2.05, 4.69) is 23.9 Å². The number of carbonyl (C=O) groups is 1. The van der Waals surface area contributed by atoms with E-state index in [1.54, 1.807) is 0 Å². The number of likely N-dealkylation sites (tertiary alicyclic amines) is 1. The molecule has 0 aromatic heterocycles. The van der Waals surface area contributed by atoms with Crippen LogP contribution in [0, 0.1) is 5.92 Å². The number of carbonyl (C=O) groups excluding carboxylic acids is 1. The van der Waals surface area contributed by atoms with Crippen molar-refractivity contribution < 1.29 is 4.79 Å². The van der Waals surface area contributed by atoms with Gasteiger partial charge in [0.05, 0.1) is 0 Å². The minimum Gasteiger partial charge on any atom is -0.375 e. The Bertz CT molecular complexity index is 288. The molecule has 2 rings (SSSR count). The quantitative estimate of drug-likeness (QED) is 0.723. The van der Waals surface area contributed by atoms with Crippen molar-refractivity contribution in [2.75, 3.05) is 33.7 Å². The summed E-state index contributed by atoms with van der Waals surface area (Å²) in [7, 11) is 4.29. The van der Waals surface area contributed by atoms with Crippen LogP contribution in [0.25, 0.3) is 0 Å². The largest absolute Gasteiger partial charge is 0.375 e. The van der Waals surface area contributed by atoms with Gasteiger partial charge in [0.25, 0.3) is 0 Å². The van der Waals surface area contributed by atoms with Crippen molar-refractivity contribution >= 4 is 5.78 Å². The summed E-state index contributed by atoms with van der Waals surface area (Å²) in [5, 5.41) is 0. The highest BCUT2D eigenvalue weighted by molar-refractivity contribution is 5.92. The smallest absolute Gasteiger partial charge is 0.157 e. The normalized spacial score (nSPS) is 23.1. The Balaban J connectivity index is 1.81. The molecular weight excluding hydrogens is 200 g/mol. The molecule has 0 unspecified atom stereocenters. The summed E-state index contributed by atoms with van der Waals surface area (Å²) in [5.41, 5.74) is 1.29. The van der Waals surface area contributed by atoms with Gasteiger partial charge in [-0.25, -0.2) is 0 Å². The lowest BCUT2D eigenvalue weighted by atomic mass is 9.96. The first-order chi connectivity index (χ1) is 7.65. The Kier molecular flexibility index (Phi) is 3.64. The molecule has 0 radical (unpaired) electrons. The van der Waals surface area contributed by atoms with Crippen LogP contribution < -0.4 is 0 Å². The number of hydrogen-bond acceptors (Lipinski definition) is 3. The first kappa shape index (κ1) is 11.6. The minimum atomic E-state index is 0.311. The SMILES string of the molecule is CN(C)CC1CCN(C2=CC(=O)CC2)CC1. The molecule has 1 heterocycles. The average Bonchev–Trinajstić information content (AvgIpc) is 2.65. The van der Waals surface area contributed by atoms with Gasteiger partial charge in [0.1, 0.15) is 0 Å². The molecule has 0 N–H and O–H groups in total. The van der Waals surface area contributed by atoms with Gasteiger partial charge in [-0.1, -0.05) is 0 Å². The highest BCUT2D eigenvalue weighted by Gasteiger charge is 2.23. The minimum absolute atomic E-state index is 0.311. The van der Waals surface area contributed by atoms with Gasteiger partial charge in [-0.15, -0.1) is 0 Å². The van der Waals surface area contributed by atoms with E-state index in [9.17, 15) is 4.79 Å². The van der Waals surface area contributed by atoms with Crippen LogP contribution in [-0.2, 0) is 4.79 Å². The van der Waals surface area contributed by atoms with Crippen molar-refractivity contribution in [1.29, 1.82) is 0 Å². The summed E-state index contributed by atoms with van der Waals surface area (Å²) in [6.45, 7) is 3.47. The molecule has 0 bridgehead atoms. The molecule has 1 aliphatic carbocycles. The summed E-state index contributed by atoms with van der Waals surface area (Å²) in [6, 6.07) is 0. The first-order valence-corrected chi connectivity index (χ1v) is 6.28. The second-order valence-electron chi connectivity index (χ2n) is 5.29. The molecule has 90 valence electrons. The molecule has 0 spiro atoms. The Labute approximate surface area is 98.1 Å². The zero-order valence-electron chi connectivity index (χ0n) is 10.4. The third-order valence-electron chi connectivity index (χ3n) is 3.60. The van der Waals surface area contributed by atoms with Crippen LogP contribution in [0.1, 0.15) is 25.7 Å². The average molecular weight is 222 g/mol. The van der Waals surface area contributed by atoms with E-state index in [1.807, 2.05) is 6.08 Å². The Hall–Kier alpha value is -0.830. The lowest BCUT2D eigenvalue weighted by Gasteiger charge is -2.35. The predicted molar refractivity (Wildman–Crippen MR) is 65.2 cm³/mol. The standard InChI is InChI=1S/C13H22N2O/c1-14(2)10-11-5-7-15(8-6-11)12-3-4-13(16)9-12/h9,11H,3-8,10H2,1-2H3. The lowest BCUT2D eigenvalue weighted by molar-refractivity contribution is -0.114. The number of ketones is 1. The summed E-state index contributed by atoms with van der Waals surface area (Å²) in [6.07, 6.45) is 6.09. The molecule has 1 saturated heterocycles. The van der Waals surface area contributed by atoms with Gasteiger partial charge in [0.2, 0.25) is 0 Å². The number of allylic oxidation sites excluding steroid dienone is 2. The van der Waals surface area contributed by atoms with E-state index in [4.69, 9.17) is 0 Å². The number of piperidine rings is 1. The molecule has 1 aliphatic heterocycles. The Morgan fingerprint density at radius 3 is 2.50 bits per heavy atom. The first-order valence-electron chi connectivity index (χ1n) is 6.28. The van der Waals surface area contributed by atoms with Crippen molar-refractivity contribution in [3.63, 3.8) is 0 Å². The fourth-order valence-electron chi connectivity index (χ4n) is 2.75. The highest BCUT2D eigenvalue weighted by atomic mass is 16.1. The van der Waals surface area contributed by atoms with E-state index in [0.29, 0.717) is 5.78 Å². The van der Waals surface area contributed by atoms with Crippen LogP contribution in [0.4, 0.5) is 0 Å². The van der Waals surface area contributed by atoms with Crippen molar-refractivity contribution in [2.24, 2.45) is 5.92 Å². The summed E-state index contributed by atoms with van der Waals surface area (Å²) in [4.78, 5) is 15.9. The van der Waals surface area contributed by atoms with E-state index in [0.717, 1.165) is 31.8 Å². The van der Waals surface area contributed by atoms with Crippen LogP contribution in [0.5, 0.6) is 0 Å². The Morgan fingerprint density at radius 2 is 2.00 bits per heavy atom. The van der Waals surface area contributed by atoms with Crippen LogP contribution in [0.15, 0.2) is 11.8 Å². The van der Waals surface area contributed by atoms with Crippen molar-refractivity contribution in [2.45, 2.75) is 25.7 Å². The molecule has 3 heteroatoms. The number of hydrogen-bond donors (Lipinski definition) is 0. The van der Waals surface area contributed by atoms with Crippen LogP contribution in [-0.4, -0.2) is 49.3 Å². The molecule has 0 aromatic carbocycles. The van der Waals surface area contributed by atoms with E-state index >= 15 is 0 Å². The van der Waals surface area contributed by atoms with Gasteiger partial charge in [0, 0.05) is 37.8 Å². The van der Waals surface area contributed by atoms with E-state index < -0.39 is 0 Å². The molecular formula is C13H22N2O. The van der Waals surface area contributed by atoms with Gasteiger partial charge < -0.3 is 9.80 Å². The van der Waals surface area contributed by atoms with Crippen molar-refractivity contribution in [3.8, 4) is 0 Å². The Morgan fingerprint density at radius 1 is 1.31 bits per heavy atom.